The lowest BCUT2D eigenvalue weighted by Crippen LogP contribution is -2.45. The van der Waals surface area contributed by atoms with Crippen molar-refractivity contribution in [2.24, 2.45) is 0 Å². The first kappa shape index (κ1) is 27.5. The summed E-state index contributed by atoms with van der Waals surface area (Å²) >= 11 is 1.10. The van der Waals surface area contributed by atoms with Crippen LogP contribution in [0.4, 0.5) is 20.9 Å². The van der Waals surface area contributed by atoms with E-state index in [-0.39, 0.29) is 34.7 Å². The number of amides is 4. The van der Waals surface area contributed by atoms with Crippen molar-refractivity contribution in [2.75, 3.05) is 10.2 Å². The molecule has 3 heterocycles. The highest BCUT2D eigenvalue weighted by molar-refractivity contribution is 7.14. The molecule has 0 spiro atoms. The Kier molecular flexibility index (Phi) is 7.53. The molecule has 1 saturated heterocycles. The van der Waals surface area contributed by atoms with E-state index < -0.39 is 41.0 Å². The molecule has 13 heteroatoms. The SMILES string of the molecule is CC(=O)N(c1nc(C=CC(=O)Nc2cccc3nc(C)n(C4CCC(=O)NC4=O)c(=O)c23)cs1)c1ccccc1F. The molecule has 4 aromatic rings. The van der Waals surface area contributed by atoms with E-state index in [4.69, 9.17) is 0 Å². The number of nitrogens with zero attached hydrogens (tertiary/aromatic N) is 4. The van der Waals surface area contributed by atoms with Gasteiger partial charge in [0, 0.05) is 24.8 Å². The zero-order valence-electron chi connectivity index (χ0n) is 21.9. The Labute approximate surface area is 236 Å². The lowest BCUT2D eigenvalue weighted by atomic mass is 10.1. The van der Waals surface area contributed by atoms with Crippen molar-refractivity contribution in [3.63, 3.8) is 0 Å². The van der Waals surface area contributed by atoms with Crippen molar-refractivity contribution in [1.29, 1.82) is 0 Å². The first-order valence-corrected chi connectivity index (χ1v) is 13.4. The normalized spacial score (nSPS) is 15.2. The first-order chi connectivity index (χ1) is 19.6. The van der Waals surface area contributed by atoms with Gasteiger partial charge in [0.25, 0.3) is 5.56 Å². The molecule has 1 fully saturated rings. The molecular weight excluding hydrogens is 551 g/mol. The monoisotopic (exact) mass is 574 g/mol. The fourth-order valence-electron chi connectivity index (χ4n) is 4.58. The van der Waals surface area contributed by atoms with E-state index in [9.17, 15) is 28.4 Å². The van der Waals surface area contributed by atoms with Crippen LogP contribution in [0.3, 0.4) is 0 Å². The molecule has 0 saturated carbocycles. The van der Waals surface area contributed by atoms with Crippen LogP contribution in [0.5, 0.6) is 0 Å². The Balaban J connectivity index is 1.40. The number of carbonyl (C=O) groups excluding carboxylic acids is 4. The quantitative estimate of drug-likeness (QED) is 0.265. The molecule has 1 unspecified atom stereocenters. The second-order valence-electron chi connectivity index (χ2n) is 9.18. The molecule has 0 aliphatic carbocycles. The molecule has 1 aliphatic heterocycles. The minimum absolute atomic E-state index is 0.0605. The van der Waals surface area contributed by atoms with Gasteiger partial charge in [0.1, 0.15) is 17.7 Å². The zero-order chi connectivity index (χ0) is 29.3. The number of hydrogen-bond donors (Lipinski definition) is 2. The molecule has 2 aromatic heterocycles. The van der Waals surface area contributed by atoms with Gasteiger partial charge < -0.3 is 5.32 Å². The number of carbonyl (C=O) groups is 4. The molecule has 0 radical (unpaired) electrons. The number of fused-ring (bicyclic) bond motifs is 1. The highest BCUT2D eigenvalue weighted by Gasteiger charge is 2.31. The molecule has 4 amide bonds. The Hall–Kier alpha value is -5.04. The van der Waals surface area contributed by atoms with Gasteiger partial charge in [-0.25, -0.2) is 14.4 Å². The molecule has 1 aliphatic rings. The Morgan fingerprint density at radius 2 is 1.93 bits per heavy atom. The number of thiazole rings is 1. The lowest BCUT2D eigenvalue weighted by molar-refractivity contribution is -0.136. The van der Waals surface area contributed by atoms with Crippen LogP contribution in [0, 0.1) is 12.7 Å². The predicted octanol–water partition coefficient (Wildman–Crippen LogP) is 3.61. The number of benzene rings is 2. The summed E-state index contributed by atoms with van der Waals surface area (Å²) in [6.45, 7) is 2.89. The number of nitrogens with one attached hydrogen (secondary N) is 2. The van der Waals surface area contributed by atoms with Crippen molar-refractivity contribution in [1.82, 2.24) is 19.9 Å². The molecular formula is C28H23FN6O5S. The molecule has 1 atom stereocenters. The Bertz CT molecular complexity index is 1810. The van der Waals surface area contributed by atoms with Crippen LogP contribution in [0.15, 0.2) is 58.7 Å². The Morgan fingerprint density at radius 1 is 1.15 bits per heavy atom. The Morgan fingerprint density at radius 3 is 2.66 bits per heavy atom. The van der Waals surface area contributed by atoms with E-state index in [2.05, 4.69) is 20.6 Å². The van der Waals surface area contributed by atoms with E-state index in [1.54, 1.807) is 36.6 Å². The van der Waals surface area contributed by atoms with Crippen molar-refractivity contribution in [3.05, 3.63) is 81.6 Å². The number of rotatable bonds is 6. The van der Waals surface area contributed by atoms with Crippen LogP contribution in [0.1, 0.15) is 37.3 Å². The van der Waals surface area contributed by atoms with Crippen molar-refractivity contribution >= 4 is 68.5 Å². The van der Waals surface area contributed by atoms with Crippen LogP contribution in [-0.2, 0) is 19.2 Å². The van der Waals surface area contributed by atoms with Crippen LogP contribution in [0.25, 0.3) is 17.0 Å². The number of piperidine rings is 1. The standard InChI is InChI=1S/C28H23FN6O5S/c1-15-30-19-7-5-8-20(25(19)27(40)34(15)22-11-13-24(38)33-26(22)39)32-23(37)12-10-17-14-41-28(31-17)35(16(2)36)21-9-4-3-6-18(21)29/h3-10,12,14,22H,11,13H2,1-2H3,(H,32,37)(H,33,38,39). The summed E-state index contributed by atoms with van der Waals surface area (Å²) in [7, 11) is 0. The van der Waals surface area contributed by atoms with Gasteiger partial charge in [0.05, 0.1) is 28.0 Å². The third-order valence-corrected chi connectivity index (χ3v) is 7.24. The van der Waals surface area contributed by atoms with E-state index in [1.165, 1.54) is 41.8 Å². The topological polar surface area (TPSA) is 143 Å². The minimum Gasteiger partial charge on any atom is -0.322 e. The summed E-state index contributed by atoms with van der Waals surface area (Å²) < 4.78 is 15.6. The molecule has 11 nitrogen and oxygen atoms in total. The number of para-hydroxylation sites is 1. The number of aromatic nitrogens is 3. The maximum Gasteiger partial charge on any atom is 0.264 e. The van der Waals surface area contributed by atoms with E-state index >= 15 is 0 Å². The summed E-state index contributed by atoms with van der Waals surface area (Å²) in [5, 5.41) is 6.87. The lowest BCUT2D eigenvalue weighted by Gasteiger charge is -2.24. The molecule has 2 N–H and O–H groups in total. The van der Waals surface area contributed by atoms with Crippen LogP contribution in [-0.4, -0.2) is 38.2 Å². The van der Waals surface area contributed by atoms with Gasteiger partial charge in [0.2, 0.25) is 23.6 Å². The molecule has 0 bridgehead atoms. The third-order valence-electron chi connectivity index (χ3n) is 6.40. The fourth-order valence-corrected chi connectivity index (χ4v) is 5.43. The van der Waals surface area contributed by atoms with Gasteiger partial charge >= 0.3 is 0 Å². The van der Waals surface area contributed by atoms with E-state index in [0.717, 1.165) is 16.2 Å². The maximum atomic E-state index is 14.3. The van der Waals surface area contributed by atoms with Gasteiger partial charge in [-0.15, -0.1) is 11.3 Å². The largest absolute Gasteiger partial charge is 0.322 e. The first-order valence-electron chi connectivity index (χ1n) is 12.5. The van der Waals surface area contributed by atoms with E-state index in [0.29, 0.717) is 17.0 Å². The average molecular weight is 575 g/mol. The summed E-state index contributed by atoms with van der Waals surface area (Å²) in [6, 6.07) is 9.73. The highest BCUT2D eigenvalue weighted by Crippen LogP contribution is 2.31. The number of imide groups is 1. The van der Waals surface area contributed by atoms with Crippen LogP contribution < -0.4 is 21.1 Å². The van der Waals surface area contributed by atoms with Crippen molar-refractivity contribution in [3.8, 4) is 0 Å². The molecule has 208 valence electrons. The van der Waals surface area contributed by atoms with Gasteiger partial charge in [0.15, 0.2) is 5.13 Å². The number of halogens is 1. The number of hydrogen-bond acceptors (Lipinski definition) is 8. The second-order valence-corrected chi connectivity index (χ2v) is 10.0. The van der Waals surface area contributed by atoms with Crippen molar-refractivity contribution < 1.29 is 23.6 Å². The van der Waals surface area contributed by atoms with Gasteiger partial charge in [-0.2, -0.15) is 0 Å². The number of anilines is 3. The highest BCUT2D eigenvalue weighted by atomic mass is 32.1. The summed E-state index contributed by atoms with van der Waals surface area (Å²) in [6.07, 6.45) is 2.87. The van der Waals surface area contributed by atoms with Crippen LogP contribution in [0.2, 0.25) is 0 Å². The van der Waals surface area contributed by atoms with Crippen molar-refractivity contribution in [2.45, 2.75) is 32.7 Å². The van der Waals surface area contributed by atoms with E-state index in [1.807, 2.05) is 0 Å². The summed E-state index contributed by atoms with van der Waals surface area (Å²) in [5.41, 5.74) is 0.420. The molecule has 2 aromatic carbocycles. The second kappa shape index (κ2) is 11.2. The number of aryl methyl sites for hydroxylation is 1. The maximum absolute atomic E-state index is 14.3. The van der Waals surface area contributed by atoms with Crippen LogP contribution >= 0.6 is 11.3 Å². The third kappa shape index (κ3) is 5.52. The van der Waals surface area contributed by atoms with Gasteiger partial charge in [-0.3, -0.25) is 38.8 Å². The smallest absolute Gasteiger partial charge is 0.264 e. The zero-order valence-corrected chi connectivity index (χ0v) is 22.7. The van der Waals surface area contributed by atoms with Gasteiger partial charge in [-0.05, 0) is 43.7 Å². The average Bonchev–Trinajstić information content (AvgIpc) is 3.38. The van der Waals surface area contributed by atoms with Gasteiger partial charge in [-0.1, -0.05) is 18.2 Å². The summed E-state index contributed by atoms with van der Waals surface area (Å²) in [4.78, 5) is 72.6. The molecule has 41 heavy (non-hydrogen) atoms. The minimum atomic E-state index is -0.904. The molecule has 5 rings (SSSR count). The predicted molar refractivity (Wildman–Crippen MR) is 151 cm³/mol. The fraction of sp³-hybridized carbons (Fsp3) is 0.179. The summed E-state index contributed by atoms with van der Waals surface area (Å²) in [5.74, 6) is -2.27.